The largest absolute Gasteiger partial charge is 0.488 e. The molecular weight excluding hydrogens is 274 g/mol. The van der Waals surface area contributed by atoms with Crippen LogP contribution in [0.4, 0.5) is 0 Å². The van der Waals surface area contributed by atoms with Gasteiger partial charge in [0.1, 0.15) is 15.1 Å². The highest BCUT2D eigenvalue weighted by Crippen LogP contribution is 2.31. The van der Waals surface area contributed by atoms with Crippen molar-refractivity contribution in [3.05, 3.63) is 20.9 Å². The SMILES string of the molecule is CC(C)COC1=C(Cl)C(=O)C(Cl)=C(Cl)C1=O. The first-order valence-electron chi connectivity index (χ1n) is 4.53. The van der Waals surface area contributed by atoms with Gasteiger partial charge in [-0.05, 0) is 5.92 Å². The Kier molecular flexibility index (Phi) is 4.42. The van der Waals surface area contributed by atoms with Gasteiger partial charge < -0.3 is 4.74 Å². The van der Waals surface area contributed by atoms with Crippen LogP contribution in [0.25, 0.3) is 0 Å². The first-order chi connectivity index (χ1) is 7.36. The second-order valence-corrected chi connectivity index (χ2v) is 4.77. The number of halogens is 3. The van der Waals surface area contributed by atoms with Crippen LogP contribution in [0, 0.1) is 5.92 Å². The lowest BCUT2D eigenvalue weighted by Crippen LogP contribution is -2.20. The van der Waals surface area contributed by atoms with Gasteiger partial charge in [-0.25, -0.2) is 0 Å². The summed E-state index contributed by atoms with van der Waals surface area (Å²) >= 11 is 16.8. The van der Waals surface area contributed by atoms with Gasteiger partial charge in [0.15, 0.2) is 5.76 Å². The minimum atomic E-state index is -0.688. The van der Waals surface area contributed by atoms with E-state index in [0.717, 1.165) is 0 Å². The molecule has 16 heavy (non-hydrogen) atoms. The van der Waals surface area contributed by atoms with Gasteiger partial charge in [0, 0.05) is 0 Å². The summed E-state index contributed by atoms with van der Waals surface area (Å²) in [6, 6.07) is 0. The Hall–Kier alpha value is -0.510. The molecule has 0 aliphatic heterocycles. The van der Waals surface area contributed by atoms with E-state index in [4.69, 9.17) is 39.5 Å². The van der Waals surface area contributed by atoms with Crippen molar-refractivity contribution in [3.63, 3.8) is 0 Å². The maximum atomic E-state index is 11.6. The van der Waals surface area contributed by atoms with E-state index >= 15 is 0 Å². The highest BCUT2D eigenvalue weighted by Gasteiger charge is 2.33. The topological polar surface area (TPSA) is 43.4 Å². The number of ketones is 2. The van der Waals surface area contributed by atoms with Crippen molar-refractivity contribution in [1.82, 2.24) is 0 Å². The van der Waals surface area contributed by atoms with Crippen molar-refractivity contribution < 1.29 is 14.3 Å². The summed E-state index contributed by atoms with van der Waals surface area (Å²) in [6.07, 6.45) is 0. The molecule has 1 aliphatic carbocycles. The highest BCUT2D eigenvalue weighted by molar-refractivity contribution is 6.64. The second-order valence-electron chi connectivity index (χ2n) is 3.63. The lowest BCUT2D eigenvalue weighted by molar-refractivity contribution is -0.118. The van der Waals surface area contributed by atoms with Crippen molar-refractivity contribution >= 4 is 46.4 Å². The van der Waals surface area contributed by atoms with Crippen LogP contribution < -0.4 is 0 Å². The molecule has 6 heteroatoms. The number of carbonyl (C=O) groups excluding carboxylic acids is 2. The van der Waals surface area contributed by atoms with Crippen LogP contribution in [0.15, 0.2) is 20.9 Å². The van der Waals surface area contributed by atoms with E-state index in [1.165, 1.54) is 0 Å². The highest BCUT2D eigenvalue weighted by atomic mass is 35.5. The van der Waals surface area contributed by atoms with Crippen LogP contribution in [-0.4, -0.2) is 18.2 Å². The van der Waals surface area contributed by atoms with Crippen LogP contribution in [0.1, 0.15) is 13.8 Å². The fraction of sp³-hybridized carbons (Fsp3) is 0.400. The number of hydrogen-bond acceptors (Lipinski definition) is 3. The van der Waals surface area contributed by atoms with Gasteiger partial charge in [-0.3, -0.25) is 9.59 Å². The molecule has 3 nitrogen and oxygen atoms in total. The number of ether oxygens (including phenoxy) is 1. The fourth-order valence-electron chi connectivity index (χ4n) is 0.977. The van der Waals surface area contributed by atoms with Gasteiger partial charge in [0.05, 0.1) is 6.61 Å². The van der Waals surface area contributed by atoms with Gasteiger partial charge in [0.25, 0.3) is 0 Å². The van der Waals surface area contributed by atoms with E-state index in [-0.39, 0.29) is 33.4 Å². The summed E-state index contributed by atoms with van der Waals surface area (Å²) in [5.74, 6) is -1.38. The first kappa shape index (κ1) is 13.6. The molecule has 1 aliphatic rings. The Morgan fingerprint density at radius 1 is 1.00 bits per heavy atom. The van der Waals surface area contributed by atoms with Crippen LogP contribution in [0.2, 0.25) is 0 Å². The minimum Gasteiger partial charge on any atom is -0.488 e. The van der Waals surface area contributed by atoms with Crippen LogP contribution >= 0.6 is 34.8 Å². The summed E-state index contributed by atoms with van der Waals surface area (Å²) in [4.78, 5) is 23.1. The van der Waals surface area contributed by atoms with Gasteiger partial charge in [-0.1, -0.05) is 48.7 Å². The number of allylic oxidation sites excluding steroid dienone is 3. The van der Waals surface area contributed by atoms with Crippen molar-refractivity contribution in [2.75, 3.05) is 6.61 Å². The summed E-state index contributed by atoms with van der Waals surface area (Å²) in [5, 5.41) is -1.04. The Bertz CT molecular complexity index is 408. The lowest BCUT2D eigenvalue weighted by Gasteiger charge is -2.16. The maximum Gasteiger partial charge on any atom is 0.242 e. The zero-order chi connectivity index (χ0) is 12.5. The molecule has 0 aromatic carbocycles. The monoisotopic (exact) mass is 282 g/mol. The van der Waals surface area contributed by atoms with Gasteiger partial charge in [-0.15, -0.1) is 0 Å². The molecule has 0 aromatic rings. The molecule has 0 N–H and O–H groups in total. The Morgan fingerprint density at radius 2 is 1.50 bits per heavy atom. The second kappa shape index (κ2) is 5.21. The molecule has 0 aromatic heterocycles. The molecule has 0 fully saturated rings. The number of hydrogen-bond donors (Lipinski definition) is 0. The smallest absolute Gasteiger partial charge is 0.242 e. The summed E-state index contributed by atoms with van der Waals surface area (Å²) in [7, 11) is 0. The number of rotatable bonds is 3. The molecule has 0 unspecified atom stereocenters. The normalized spacial score (nSPS) is 17.6. The molecule has 0 radical (unpaired) electrons. The van der Waals surface area contributed by atoms with E-state index in [0.29, 0.717) is 0 Å². The predicted molar refractivity (Wildman–Crippen MR) is 62.4 cm³/mol. The van der Waals surface area contributed by atoms with Crippen LogP contribution in [0.3, 0.4) is 0 Å². The van der Waals surface area contributed by atoms with E-state index < -0.39 is 11.6 Å². The molecule has 0 saturated carbocycles. The van der Waals surface area contributed by atoms with Gasteiger partial charge >= 0.3 is 0 Å². The Balaban J connectivity index is 3.00. The maximum absolute atomic E-state index is 11.6. The molecule has 0 bridgehead atoms. The first-order valence-corrected chi connectivity index (χ1v) is 5.66. The number of Topliss-reactive ketones (excluding diaryl/α,β-unsaturated/α-hetero) is 2. The molecule has 88 valence electrons. The van der Waals surface area contributed by atoms with Crippen molar-refractivity contribution in [1.29, 1.82) is 0 Å². The van der Waals surface area contributed by atoms with E-state index in [1.807, 2.05) is 13.8 Å². The van der Waals surface area contributed by atoms with E-state index in [2.05, 4.69) is 0 Å². The molecule has 0 heterocycles. The fourth-order valence-corrected chi connectivity index (χ4v) is 1.61. The third-order valence-corrected chi connectivity index (χ3v) is 2.92. The van der Waals surface area contributed by atoms with Gasteiger partial charge in [0.2, 0.25) is 11.6 Å². The molecule has 0 saturated heterocycles. The van der Waals surface area contributed by atoms with Crippen molar-refractivity contribution in [2.24, 2.45) is 5.92 Å². The third-order valence-electron chi connectivity index (χ3n) is 1.76. The minimum absolute atomic E-state index is 0.194. The standard InChI is InChI=1S/C10H9Cl3O3/c1-4(2)3-16-10-7(13)8(14)5(11)6(12)9(10)15/h4H,3H2,1-2H3. The Morgan fingerprint density at radius 3 is 2.00 bits per heavy atom. The average Bonchev–Trinajstić information content (AvgIpc) is 2.23. The molecule has 0 amide bonds. The number of carbonyl (C=O) groups is 2. The third kappa shape index (κ3) is 2.59. The van der Waals surface area contributed by atoms with Crippen molar-refractivity contribution in [3.8, 4) is 0 Å². The Labute approximate surface area is 108 Å². The van der Waals surface area contributed by atoms with E-state index in [9.17, 15) is 9.59 Å². The summed E-state index contributed by atoms with van der Waals surface area (Å²) in [5.41, 5.74) is 0. The van der Waals surface area contributed by atoms with Gasteiger partial charge in [-0.2, -0.15) is 0 Å². The molecule has 0 atom stereocenters. The predicted octanol–water partition coefficient (Wildman–Crippen LogP) is 2.95. The van der Waals surface area contributed by atoms with Crippen LogP contribution in [-0.2, 0) is 14.3 Å². The molecule has 1 rings (SSSR count). The van der Waals surface area contributed by atoms with E-state index in [1.54, 1.807) is 0 Å². The van der Waals surface area contributed by atoms with Crippen LogP contribution in [0.5, 0.6) is 0 Å². The molecule has 0 spiro atoms. The summed E-state index contributed by atoms with van der Waals surface area (Å²) < 4.78 is 5.16. The van der Waals surface area contributed by atoms with Crippen molar-refractivity contribution in [2.45, 2.75) is 13.8 Å². The lowest BCUT2D eigenvalue weighted by atomic mass is 10.1. The quantitative estimate of drug-likeness (QED) is 0.748. The zero-order valence-electron chi connectivity index (χ0n) is 8.64. The average molecular weight is 284 g/mol. The molecular formula is C10H9Cl3O3. The zero-order valence-corrected chi connectivity index (χ0v) is 10.9. The summed E-state index contributed by atoms with van der Waals surface area (Å²) in [6.45, 7) is 4.06.